The molecule has 0 unspecified atom stereocenters. The molecule has 134 valence electrons. The number of piperazine rings is 1. The molecule has 0 spiro atoms. The van der Waals surface area contributed by atoms with Crippen LogP contribution in [0.15, 0.2) is 28.7 Å². The maximum absolute atomic E-state index is 12.2. The van der Waals surface area contributed by atoms with E-state index in [0.717, 1.165) is 10.2 Å². The van der Waals surface area contributed by atoms with Gasteiger partial charge in [-0.25, -0.2) is 8.42 Å². The molecule has 1 fully saturated rings. The van der Waals surface area contributed by atoms with Crippen molar-refractivity contribution < 1.29 is 17.9 Å². The molecule has 1 aromatic carbocycles. The van der Waals surface area contributed by atoms with Crippen LogP contribution in [0.1, 0.15) is 19.8 Å². The molecule has 0 aromatic heterocycles. The summed E-state index contributed by atoms with van der Waals surface area (Å²) in [5.74, 6) is 0.926. The van der Waals surface area contributed by atoms with Crippen LogP contribution in [0.2, 0.25) is 0 Å². The fourth-order valence-corrected chi connectivity index (χ4v) is 4.01. The van der Waals surface area contributed by atoms with Crippen LogP contribution in [0.25, 0.3) is 0 Å². The Kier molecular flexibility index (Phi) is 7.06. The third kappa shape index (κ3) is 5.19. The molecule has 6 nitrogen and oxygen atoms in total. The van der Waals surface area contributed by atoms with E-state index in [1.54, 1.807) is 11.8 Å². The van der Waals surface area contributed by atoms with Gasteiger partial charge in [-0.05, 0) is 41.4 Å². The summed E-state index contributed by atoms with van der Waals surface area (Å²) in [5, 5.41) is 0. The molecule has 0 atom stereocenters. The first kappa shape index (κ1) is 19.2. The van der Waals surface area contributed by atoms with Gasteiger partial charge in [-0.3, -0.25) is 4.79 Å². The van der Waals surface area contributed by atoms with E-state index in [0.29, 0.717) is 45.6 Å². The lowest BCUT2D eigenvalue weighted by atomic mass is 10.2. The second kappa shape index (κ2) is 8.82. The number of rotatable bonds is 7. The topological polar surface area (TPSA) is 66.9 Å². The highest BCUT2D eigenvalue weighted by atomic mass is 79.9. The summed E-state index contributed by atoms with van der Waals surface area (Å²) in [6.45, 7) is 3.80. The number of benzene rings is 1. The van der Waals surface area contributed by atoms with Gasteiger partial charge < -0.3 is 9.64 Å². The molecule has 8 heteroatoms. The van der Waals surface area contributed by atoms with Gasteiger partial charge in [0.2, 0.25) is 15.9 Å². The molecule has 1 heterocycles. The van der Waals surface area contributed by atoms with Crippen molar-refractivity contribution in [1.82, 2.24) is 9.21 Å². The van der Waals surface area contributed by atoms with E-state index in [4.69, 9.17) is 4.74 Å². The molecule has 1 saturated heterocycles. The van der Waals surface area contributed by atoms with Gasteiger partial charge in [0, 0.05) is 32.6 Å². The molecule has 1 aromatic rings. The van der Waals surface area contributed by atoms with Gasteiger partial charge in [0.15, 0.2) is 0 Å². The number of nitrogens with zero attached hydrogens (tertiary/aromatic N) is 2. The van der Waals surface area contributed by atoms with Gasteiger partial charge >= 0.3 is 0 Å². The molecule has 0 radical (unpaired) electrons. The number of ether oxygens (including phenoxy) is 1. The first-order valence-electron chi connectivity index (χ1n) is 8.07. The van der Waals surface area contributed by atoms with Crippen molar-refractivity contribution in [1.29, 1.82) is 0 Å². The van der Waals surface area contributed by atoms with Gasteiger partial charge in [0.25, 0.3) is 0 Å². The summed E-state index contributed by atoms with van der Waals surface area (Å²) < 4.78 is 31.6. The predicted molar refractivity (Wildman–Crippen MR) is 96.5 cm³/mol. The minimum atomic E-state index is -3.16. The standard InChI is InChI=1S/C16H23BrN2O4S/c1-2-24(21,22)19-11-9-18(10-12-19)16(20)8-5-13-23-15-7-4-3-6-14(15)17/h3-4,6-7H,2,5,8-13H2,1H3. The largest absolute Gasteiger partial charge is 0.492 e. The van der Waals surface area contributed by atoms with Crippen molar-refractivity contribution in [3.8, 4) is 5.75 Å². The summed E-state index contributed by atoms with van der Waals surface area (Å²) in [7, 11) is -3.16. The average molecular weight is 419 g/mol. The number of carbonyl (C=O) groups excluding carboxylic acids is 1. The number of para-hydroxylation sites is 1. The van der Waals surface area contributed by atoms with Crippen molar-refractivity contribution in [2.75, 3.05) is 38.5 Å². The lowest BCUT2D eigenvalue weighted by Crippen LogP contribution is -2.50. The van der Waals surface area contributed by atoms with Crippen molar-refractivity contribution in [3.05, 3.63) is 28.7 Å². The first-order valence-corrected chi connectivity index (χ1v) is 10.5. The zero-order chi connectivity index (χ0) is 17.6. The minimum absolute atomic E-state index is 0.0549. The van der Waals surface area contributed by atoms with Crippen LogP contribution in [0.4, 0.5) is 0 Å². The van der Waals surface area contributed by atoms with E-state index >= 15 is 0 Å². The van der Waals surface area contributed by atoms with Gasteiger partial charge in [-0.1, -0.05) is 12.1 Å². The molecule has 2 rings (SSSR count). The fraction of sp³-hybridized carbons (Fsp3) is 0.562. The third-order valence-corrected chi connectivity index (χ3v) is 6.52. The van der Waals surface area contributed by atoms with E-state index in [9.17, 15) is 13.2 Å². The molecule has 0 aliphatic carbocycles. The Balaban J connectivity index is 1.70. The quantitative estimate of drug-likeness (QED) is 0.635. The van der Waals surface area contributed by atoms with Gasteiger partial charge in [-0.2, -0.15) is 4.31 Å². The Hall–Kier alpha value is -1.12. The second-order valence-corrected chi connectivity index (χ2v) is 8.67. The van der Waals surface area contributed by atoms with Crippen LogP contribution >= 0.6 is 15.9 Å². The van der Waals surface area contributed by atoms with E-state index in [-0.39, 0.29) is 11.7 Å². The van der Waals surface area contributed by atoms with E-state index in [1.165, 1.54) is 4.31 Å². The number of halogens is 1. The zero-order valence-electron chi connectivity index (χ0n) is 13.8. The number of sulfonamides is 1. The summed E-state index contributed by atoms with van der Waals surface area (Å²) in [5.41, 5.74) is 0. The van der Waals surface area contributed by atoms with Crippen LogP contribution in [0.3, 0.4) is 0 Å². The highest BCUT2D eigenvalue weighted by Crippen LogP contribution is 2.23. The van der Waals surface area contributed by atoms with Crippen molar-refractivity contribution in [2.24, 2.45) is 0 Å². The number of carbonyl (C=O) groups is 1. The van der Waals surface area contributed by atoms with E-state index in [1.807, 2.05) is 24.3 Å². The van der Waals surface area contributed by atoms with E-state index < -0.39 is 10.0 Å². The lowest BCUT2D eigenvalue weighted by molar-refractivity contribution is -0.132. The molecular formula is C16H23BrN2O4S. The van der Waals surface area contributed by atoms with Crippen LogP contribution in [0, 0.1) is 0 Å². The minimum Gasteiger partial charge on any atom is -0.492 e. The molecule has 24 heavy (non-hydrogen) atoms. The van der Waals surface area contributed by atoms with Gasteiger partial charge in [0.05, 0.1) is 16.8 Å². The van der Waals surface area contributed by atoms with Gasteiger partial charge in [0.1, 0.15) is 5.75 Å². The normalized spacial score (nSPS) is 16.2. The van der Waals surface area contributed by atoms with Crippen molar-refractivity contribution >= 4 is 31.9 Å². The van der Waals surface area contributed by atoms with Crippen LogP contribution in [0.5, 0.6) is 5.75 Å². The van der Waals surface area contributed by atoms with E-state index in [2.05, 4.69) is 15.9 Å². The highest BCUT2D eigenvalue weighted by Gasteiger charge is 2.27. The third-order valence-electron chi connectivity index (χ3n) is 3.98. The van der Waals surface area contributed by atoms with Crippen LogP contribution < -0.4 is 4.74 Å². The maximum Gasteiger partial charge on any atom is 0.222 e. The molecule has 0 N–H and O–H groups in total. The Morgan fingerprint density at radius 2 is 1.88 bits per heavy atom. The maximum atomic E-state index is 12.2. The van der Waals surface area contributed by atoms with Crippen molar-refractivity contribution in [2.45, 2.75) is 19.8 Å². The Labute approximate surface area is 151 Å². The molecule has 1 amide bonds. The lowest BCUT2D eigenvalue weighted by Gasteiger charge is -2.33. The fourth-order valence-electron chi connectivity index (χ4n) is 2.52. The summed E-state index contributed by atoms with van der Waals surface area (Å²) in [6, 6.07) is 7.59. The predicted octanol–water partition coefficient (Wildman–Crippen LogP) is 2.10. The molecule has 1 aliphatic heterocycles. The van der Waals surface area contributed by atoms with Crippen LogP contribution in [-0.4, -0.2) is 62.1 Å². The Bertz CT molecular complexity index is 658. The molecular weight excluding hydrogens is 396 g/mol. The SMILES string of the molecule is CCS(=O)(=O)N1CCN(C(=O)CCCOc2ccccc2Br)CC1. The monoisotopic (exact) mass is 418 g/mol. The summed E-state index contributed by atoms with van der Waals surface area (Å²) in [4.78, 5) is 13.9. The Morgan fingerprint density at radius 1 is 1.21 bits per heavy atom. The molecule has 0 bridgehead atoms. The summed E-state index contributed by atoms with van der Waals surface area (Å²) in [6.07, 6.45) is 1.04. The smallest absolute Gasteiger partial charge is 0.222 e. The summed E-state index contributed by atoms with van der Waals surface area (Å²) >= 11 is 3.41. The zero-order valence-corrected chi connectivity index (χ0v) is 16.2. The number of amides is 1. The average Bonchev–Trinajstić information content (AvgIpc) is 2.60. The van der Waals surface area contributed by atoms with Crippen LogP contribution in [-0.2, 0) is 14.8 Å². The number of hydrogen-bond acceptors (Lipinski definition) is 4. The molecule has 1 aliphatic rings. The Morgan fingerprint density at radius 3 is 2.50 bits per heavy atom. The van der Waals surface area contributed by atoms with Crippen molar-refractivity contribution in [3.63, 3.8) is 0 Å². The number of hydrogen-bond donors (Lipinski definition) is 0. The highest BCUT2D eigenvalue weighted by molar-refractivity contribution is 9.10. The second-order valence-electron chi connectivity index (χ2n) is 5.56. The first-order chi connectivity index (χ1) is 11.4. The van der Waals surface area contributed by atoms with Gasteiger partial charge in [-0.15, -0.1) is 0 Å². The molecule has 0 saturated carbocycles.